The molecule has 1 N–H and O–H groups in total. The molecule has 2 heteroatoms. The Balaban J connectivity index is 2.28. The van der Waals surface area contributed by atoms with E-state index < -0.39 is 0 Å². The quantitative estimate of drug-likeness (QED) is 0.660. The highest BCUT2D eigenvalue weighted by Crippen LogP contribution is 2.40. The molecule has 0 bridgehead atoms. The van der Waals surface area contributed by atoms with Crippen LogP contribution >= 0.6 is 0 Å². The summed E-state index contributed by atoms with van der Waals surface area (Å²) in [5.74, 6) is 0.817. The van der Waals surface area contributed by atoms with Crippen molar-refractivity contribution in [2.24, 2.45) is 0 Å². The minimum atomic E-state index is 0.817. The van der Waals surface area contributed by atoms with E-state index in [-0.39, 0.29) is 0 Å². The third-order valence-corrected chi connectivity index (χ3v) is 2.07. The molecule has 0 spiro atoms. The predicted molar refractivity (Wildman–Crippen MR) is 39.9 cm³/mol. The summed E-state index contributed by atoms with van der Waals surface area (Å²) >= 11 is 0. The molecular weight excluding hydrogens is 124 g/mol. The number of aromatic amines is 1. The van der Waals surface area contributed by atoms with Crippen LogP contribution in [0.1, 0.15) is 37.1 Å². The van der Waals surface area contributed by atoms with E-state index in [2.05, 4.69) is 16.9 Å². The van der Waals surface area contributed by atoms with E-state index in [9.17, 15) is 0 Å². The van der Waals surface area contributed by atoms with Crippen molar-refractivity contribution < 1.29 is 0 Å². The van der Waals surface area contributed by atoms with Gasteiger partial charge in [0.15, 0.2) is 0 Å². The van der Waals surface area contributed by atoms with Gasteiger partial charge < -0.3 is 4.98 Å². The topological polar surface area (TPSA) is 28.7 Å². The average molecular weight is 136 g/mol. The Morgan fingerprint density at radius 1 is 1.70 bits per heavy atom. The molecule has 0 aliphatic heterocycles. The van der Waals surface area contributed by atoms with E-state index in [1.54, 1.807) is 0 Å². The summed E-state index contributed by atoms with van der Waals surface area (Å²) in [4.78, 5) is 7.45. The molecule has 2 nitrogen and oxygen atoms in total. The molecule has 0 saturated heterocycles. The fourth-order valence-corrected chi connectivity index (χ4v) is 1.34. The highest BCUT2D eigenvalue weighted by molar-refractivity contribution is 5.20. The molecule has 0 unspecified atom stereocenters. The number of imidazole rings is 1. The minimum absolute atomic E-state index is 0.817. The molecule has 0 aromatic carbocycles. The highest BCUT2D eigenvalue weighted by atomic mass is 14.9. The minimum Gasteiger partial charge on any atom is -0.348 e. The number of aryl methyl sites for hydroxylation is 1. The van der Waals surface area contributed by atoms with Gasteiger partial charge in [0.2, 0.25) is 0 Å². The third-order valence-electron chi connectivity index (χ3n) is 2.07. The van der Waals surface area contributed by atoms with Crippen molar-refractivity contribution in [2.45, 2.75) is 32.1 Å². The molecular formula is C8H12N2. The van der Waals surface area contributed by atoms with Crippen molar-refractivity contribution in [2.75, 3.05) is 0 Å². The van der Waals surface area contributed by atoms with Crippen molar-refractivity contribution in [3.05, 3.63) is 17.7 Å². The van der Waals surface area contributed by atoms with Crippen molar-refractivity contribution in [3.63, 3.8) is 0 Å². The van der Waals surface area contributed by atoms with Crippen LogP contribution in [0.15, 0.2) is 6.33 Å². The van der Waals surface area contributed by atoms with Gasteiger partial charge >= 0.3 is 0 Å². The summed E-state index contributed by atoms with van der Waals surface area (Å²) in [6.45, 7) is 2.15. The molecule has 2 rings (SSSR count). The van der Waals surface area contributed by atoms with Crippen LogP contribution < -0.4 is 0 Å². The number of hydrogen-bond donors (Lipinski definition) is 1. The Bertz CT molecular complexity index is 223. The predicted octanol–water partition coefficient (Wildman–Crippen LogP) is 1.85. The van der Waals surface area contributed by atoms with E-state index in [0.717, 1.165) is 12.3 Å². The number of nitrogens with one attached hydrogen (secondary N) is 1. The monoisotopic (exact) mass is 136 g/mol. The molecule has 1 heterocycles. The Labute approximate surface area is 60.7 Å². The highest BCUT2D eigenvalue weighted by Gasteiger charge is 2.26. The zero-order valence-electron chi connectivity index (χ0n) is 6.22. The average Bonchev–Trinajstić information content (AvgIpc) is 2.69. The van der Waals surface area contributed by atoms with Gasteiger partial charge in [-0.05, 0) is 19.3 Å². The Hall–Kier alpha value is -0.790. The lowest BCUT2D eigenvalue weighted by atomic mass is 10.2. The summed E-state index contributed by atoms with van der Waals surface area (Å²) in [6, 6.07) is 0. The summed E-state index contributed by atoms with van der Waals surface area (Å²) in [6.07, 6.45) is 5.59. The lowest BCUT2D eigenvalue weighted by molar-refractivity contribution is 0.969. The third kappa shape index (κ3) is 0.838. The lowest BCUT2D eigenvalue weighted by Crippen LogP contribution is -1.87. The van der Waals surface area contributed by atoms with E-state index in [4.69, 9.17) is 0 Å². The SMILES string of the molecule is CCc1nc[nH]c1C1CC1. The van der Waals surface area contributed by atoms with Crippen LogP contribution in [0, 0.1) is 0 Å². The summed E-state index contributed by atoms with van der Waals surface area (Å²) in [7, 11) is 0. The molecule has 1 saturated carbocycles. The van der Waals surface area contributed by atoms with Crippen LogP contribution in [0.25, 0.3) is 0 Å². The van der Waals surface area contributed by atoms with Gasteiger partial charge in [-0.3, -0.25) is 0 Å². The Morgan fingerprint density at radius 3 is 3.10 bits per heavy atom. The maximum atomic E-state index is 4.24. The number of nitrogens with zero attached hydrogens (tertiary/aromatic N) is 1. The molecule has 0 atom stereocenters. The second-order valence-electron chi connectivity index (χ2n) is 2.89. The maximum absolute atomic E-state index is 4.24. The summed E-state index contributed by atoms with van der Waals surface area (Å²) in [5, 5.41) is 0. The fraction of sp³-hybridized carbons (Fsp3) is 0.625. The van der Waals surface area contributed by atoms with Gasteiger partial charge in [-0.25, -0.2) is 4.98 Å². The van der Waals surface area contributed by atoms with Crippen LogP contribution in [0.5, 0.6) is 0 Å². The van der Waals surface area contributed by atoms with Crippen molar-refractivity contribution in [3.8, 4) is 0 Å². The number of aromatic nitrogens is 2. The first-order chi connectivity index (χ1) is 4.92. The Morgan fingerprint density at radius 2 is 2.50 bits per heavy atom. The van der Waals surface area contributed by atoms with Gasteiger partial charge in [0, 0.05) is 11.6 Å². The first-order valence-electron chi connectivity index (χ1n) is 3.94. The van der Waals surface area contributed by atoms with Gasteiger partial charge in [0.05, 0.1) is 12.0 Å². The summed E-state index contributed by atoms with van der Waals surface area (Å²) in [5.41, 5.74) is 2.66. The molecule has 0 radical (unpaired) electrons. The number of hydrogen-bond acceptors (Lipinski definition) is 1. The Kier molecular flexibility index (Phi) is 1.26. The lowest BCUT2D eigenvalue weighted by Gasteiger charge is -1.94. The van der Waals surface area contributed by atoms with Crippen molar-refractivity contribution in [1.82, 2.24) is 9.97 Å². The van der Waals surface area contributed by atoms with Crippen LogP contribution in [-0.4, -0.2) is 9.97 Å². The smallest absolute Gasteiger partial charge is 0.0925 e. The fourth-order valence-electron chi connectivity index (χ4n) is 1.34. The summed E-state index contributed by atoms with van der Waals surface area (Å²) < 4.78 is 0. The zero-order chi connectivity index (χ0) is 6.97. The normalized spacial score (nSPS) is 17.7. The molecule has 0 amide bonds. The van der Waals surface area contributed by atoms with Gasteiger partial charge in [-0.1, -0.05) is 6.92 Å². The second-order valence-corrected chi connectivity index (χ2v) is 2.89. The molecule has 1 aliphatic carbocycles. The van der Waals surface area contributed by atoms with E-state index in [1.807, 2.05) is 6.33 Å². The molecule has 10 heavy (non-hydrogen) atoms. The molecule has 54 valence electrons. The van der Waals surface area contributed by atoms with Gasteiger partial charge in [0.1, 0.15) is 0 Å². The first-order valence-corrected chi connectivity index (χ1v) is 3.94. The van der Waals surface area contributed by atoms with Crippen LogP contribution in [0.4, 0.5) is 0 Å². The largest absolute Gasteiger partial charge is 0.348 e. The van der Waals surface area contributed by atoms with E-state index in [1.165, 1.54) is 24.2 Å². The van der Waals surface area contributed by atoms with Gasteiger partial charge in [-0.2, -0.15) is 0 Å². The van der Waals surface area contributed by atoms with Crippen LogP contribution in [0.3, 0.4) is 0 Å². The standard InChI is InChI=1S/C8H12N2/c1-2-7-8(6-3-4-6)10-5-9-7/h5-6H,2-4H2,1H3,(H,9,10). The van der Waals surface area contributed by atoms with Gasteiger partial charge in [-0.15, -0.1) is 0 Å². The molecule has 1 aromatic heterocycles. The van der Waals surface area contributed by atoms with Crippen molar-refractivity contribution >= 4 is 0 Å². The number of H-pyrrole nitrogens is 1. The molecule has 1 aromatic rings. The second kappa shape index (κ2) is 2.11. The van der Waals surface area contributed by atoms with Gasteiger partial charge in [0.25, 0.3) is 0 Å². The maximum Gasteiger partial charge on any atom is 0.0925 e. The van der Waals surface area contributed by atoms with Crippen molar-refractivity contribution in [1.29, 1.82) is 0 Å². The molecule has 1 fully saturated rings. The molecule has 1 aliphatic rings. The van der Waals surface area contributed by atoms with E-state index >= 15 is 0 Å². The van der Waals surface area contributed by atoms with Crippen LogP contribution in [0.2, 0.25) is 0 Å². The van der Waals surface area contributed by atoms with E-state index in [0.29, 0.717) is 0 Å². The number of rotatable bonds is 2. The zero-order valence-corrected chi connectivity index (χ0v) is 6.22. The van der Waals surface area contributed by atoms with Crippen LogP contribution in [-0.2, 0) is 6.42 Å². The first kappa shape index (κ1) is 5.96.